The average Bonchev–Trinajstić information content (AvgIpc) is 2.17. The number of nitrogens with zero attached hydrogens (tertiary/aromatic N) is 1. The van der Waals surface area contributed by atoms with Crippen LogP contribution in [0, 0.1) is 5.82 Å². The number of carbonyl (C=O) groups is 1. The van der Waals surface area contributed by atoms with E-state index in [1.54, 1.807) is 12.1 Å². The molecule has 0 saturated carbocycles. The van der Waals surface area contributed by atoms with Gasteiger partial charge in [-0.15, -0.1) is 0 Å². The van der Waals surface area contributed by atoms with E-state index >= 15 is 0 Å². The van der Waals surface area contributed by atoms with Crippen molar-refractivity contribution < 1.29 is 14.3 Å². The van der Waals surface area contributed by atoms with Crippen LogP contribution in [0.2, 0.25) is 0 Å². The summed E-state index contributed by atoms with van der Waals surface area (Å²) in [4.78, 5) is 11.9. The SMILES string of the molecule is O=C(O)N1CCCc2cccc(F)c21. The summed E-state index contributed by atoms with van der Waals surface area (Å²) in [6, 6.07) is 4.67. The number of amides is 1. The van der Waals surface area contributed by atoms with Crippen molar-refractivity contribution in [2.75, 3.05) is 11.4 Å². The average molecular weight is 195 g/mol. The van der Waals surface area contributed by atoms with Gasteiger partial charge in [-0.05, 0) is 24.5 Å². The van der Waals surface area contributed by atoms with Crippen LogP contribution in [0.25, 0.3) is 0 Å². The molecule has 0 bridgehead atoms. The molecule has 0 fully saturated rings. The van der Waals surface area contributed by atoms with Crippen LogP contribution in [-0.4, -0.2) is 17.7 Å². The fraction of sp³-hybridized carbons (Fsp3) is 0.300. The Morgan fingerprint density at radius 2 is 2.29 bits per heavy atom. The van der Waals surface area contributed by atoms with Gasteiger partial charge in [0.25, 0.3) is 0 Å². The Hall–Kier alpha value is -1.58. The largest absolute Gasteiger partial charge is 0.465 e. The lowest BCUT2D eigenvalue weighted by Crippen LogP contribution is -2.34. The summed E-state index contributed by atoms with van der Waals surface area (Å²) in [6.45, 7) is 0.378. The van der Waals surface area contributed by atoms with Gasteiger partial charge in [0.05, 0.1) is 5.69 Å². The smallest absolute Gasteiger partial charge is 0.411 e. The molecule has 3 nitrogen and oxygen atoms in total. The Bertz CT molecular complexity index is 378. The monoisotopic (exact) mass is 195 g/mol. The molecule has 1 aliphatic heterocycles. The van der Waals surface area contributed by atoms with Gasteiger partial charge in [0.1, 0.15) is 5.82 Å². The number of hydrogen-bond acceptors (Lipinski definition) is 1. The summed E-state index contributed by atoms with van der Waals surface area (Å²) in [6.07, 6.45) is 0.413. The van der Waals surface area contributed by atoms with Crippen LogP contribution in [0.4, 0.5) is 14.9 Å². The highest BCUT2D eigenvalue weighted by atomic mass is 19.1. The molecule has 1 heterocycles. The third-order valence-electron chi connectivity index (χ3n) is 2.40. The molecule has 0 saturated heterocycles. The van der Waals surface area contributed by atoms with Crippen LogP contribution >= 0.6 is 0 Å². The van der Waals surface area contributed by atoms with Crippen molar-refractivity contribution in [2.24, 2.45) is 0 Å². The van der Waals surface area contributed by atoms with Crippen LogP contribution < -0.4 is 4.90 Å². The highest BCUT2D eigenvalue weighted by molar-refractivity contribution is 5.87. The number of halogens is 1. The number of para-hydroxylation sites is 1. The molecule has 0 radical (unpaired) electrons. The van der Waals surface area contributed by atoms with Gasteiger partial charge in [0.15, 0.2) is 0 Å². The van der Waals surface area contributed by atoms with E-state index in [9.17, 15) is 9.18 Å². The van der Waals surface area contributed by atoms with Crippen molar-refractivity contribution in [1.82, 2.24) is 0 Å². The lowest BCUT2D eigenvalue weighted by atomic mass is 10.0. The lowest BCUT2D eigenvalue weighted by molar-refractivity contribution is 0.201. The Labute approximate surface area is 80.8 Å². The van der Waals surface area contributed by atoms with Crippen molar-refractivity contribution in [3.05, 3.63) is 29.6 Å². The molecule has 14 heavy (non-hydrogen) atoms. The third-order valence-corrected chi connectivity index (χ3v) is 2.40. The van der Waals surface area contributed by atoms with Crippen LogP contribution in [-0.2, 0) is 6.42 Å². The molecule has 4 heteroatoms. The summed E-state index contributed by atoms with van der Waals surface area (Å²) in [5.74, 6) is -0.454. The number of carboxylic acid groups (broad SMARTS) is 1. The van der Waals surface area contributed by atoms with Gasteiger partial charge >= 0.3 is 6.09 Å². The maximum atomic E-state index is 13.4. The van der Waals surface area contributed by atoms with Crippen molar-refractivity contribution >= 4 is 11.8 Å². The first kappa shape index (κ1) is 8.99. The molecule has 1 aromatic carbocycles. The van der Waals surface area contributed by atoms with Gasteiger partial charge < -0.3 is 5.11 Å². The number of hydrogen-bond donors (Lipinski definition) is 1. The molecule has 2 rings (SSSR count). The zero-order chi connectivity index (χ0) is 10.1. The Kier molecular flexibility index (Phi) is 2.11. The molecule has 1 aliphatic rings. The quantitative estimate of drug-likeness (QED) is 0.689. The van der Waals surface area contributed by atoms with E-state index in [2.05, 4.69) is 0 Å². The second-order valence-corrected chi connectivity index (χ2v) is 3.29. The predicted molar refractivity (Wildman–Crippen MR) is 50.1 cm³/mol. The van der Waals surface area contributed by atoms with Crippen LogP contribution in [0.3, 0.4) is 0 Å². The maximum absolute atomic E-state index is 13.4. The fourth-order valence-electron chi connectivity index (χ4n) is 1.79. The van der Waals surface area contributed by atoms with Gasteiger partial charge in [0, 0.05) is 6.54 Å². The van der Waals surface area contributed by atoms with E-state index in [-0.39, 0.29) is 5.69 Å². The first-order chi connectivity index (χ1) is 6.70. The Morgan fingerprint density at radius 1 is 1.50 bits per heavy atom. The summed E-state index contributed by atoms with van der Waals surface area (Å²) in [5.41, 5.74) is 1.00. The van der Waals surface area contributed by atoms with Crippen molar-refractivity contribution in [1.29, 1.82) is 0 Å². The maximum Gasteiger partial charge on any atom is 0.411 e. The standard InChI is InChI=1S/C10H10FNO2/c11-8-5-1-3-7-4-2-6-12(9(7)8)10(13)14/h1,3,5H,2,4,6H2,(H,13,14). The van der Waals surface area contributed by atoms with Gasteiger partial charge in [-0.2, -0.15) is 0 Å². The zero-order valence-corrected chi connectivity index (χ0v) is 7.53. The summed E-state index contributed by atoms with van der Waals surface area (Å²) in [7, 11) is 0. The Morgan fingerprint density at radius 3 is 3.00 bits per heavy atom. The van der Waals surface area contributed by atoms with Crippen LogP contribution in [0.15, 0.2) is 18.2 Å². The molecule has 0 aliphatic carbocycles. The minimum absolute atomic E-state index is 0.228. The van der Waals surface area contributed by atoms with Gasteiger partial charge in [-0.3, -0.25) is 4.90 Å². The second-order valence-electron chi connectivity index (χ2n) is 3.29. The second kappa shape index (κ2) is 3.29. The molecule has 0 spiro atoms. The van der Waals surface area contributed by atoms with Crippen molar-refractivity contribution in [3.63, 3.8) is 0 Å². The van der Waals surface area contributed by atoms with E-state index in [0.717, 1.165) is 23.3 Å². The molecular formula is C10H10FNO2. The first-order valence-corrected chi connectivity index (χ1v) is 4.48. The van der Waals surface area contributed by atoms with Gasteiger partial charge in [-0.1, -0.05) is 12.1 Å². The van der Waals surface area contributed by atoms with E-state index in [4.69, 9.17) is 5.11 Å². The predicted octanol–water partition coefficient (Wildman–Crippen LogP) is 2.26. The number of aryl methyl sites for hydroxylation is 1. The highest BCUT2D eigenvalue weighted by Crippen LogP contribution is 2.29. The third kappa shape index (κ3) is 1.32. The number of benzene rings is 1. The minimum atomic E-state index is -1.09. The molecule has 1 aromatic rings. The molecule has 74 valence electrons. The fourth-order valence-corrected chi connectivity index (χ4v) is 1.79. The van der Waals surface area contributed by atoms with E-state index in [1.807, 2.05) is 0 Å². The summed E-state index contributed by atoms with van der Waals surface area (Å²) >= 11 is 0. The minimum Gasteiger partial charge on any atom is -0.465 e. The van der Waals surface area contributed by atoms with Crippen LogP contribution in [0.5, 0.6) is 0 Å². The van der Waals surface area contributed by atoms with E-state index in [0.29, 0.717) is 6.54 Å². The van der Waals surface area contributed by atoms with Gasteiger partial charge in [0.2, 0.25) is 0 Å². The number of anilines is 1. The van der Waals surface area contributed by atoms with E-state index in [1.165, 1.54) is 6.07 Å². The molecule has 0 atom stereocenters. The number of rotatable bonds is 0. The normalized spacial score (nSPS) is 15.1. The number of fused-ring (bicyclic) bond motifs is 1. The van der Waals surface area contributed by atoms with Crippen molar-refractivity contribution in [3.8, 4) is 0 Å². The first-order valence-electron chi connectivity index (χ1n) is 4.48. The lowest BCUT2D eigenvalue weighted by Gasteiger charge is -2.27. The van der Waals surface area contributed by atoms with Crippen molar-refractivity contribution in [2.45, 2.75) is 12.8 Å². The molecule has 1 amide bonds. The molecule has 0 unspecified atom stereocenters. The Balaban J connectivity index is 2.52. The van der Waals surface area contributed by atoms with Gasteiger partial charge in [-0.25, -0.2) is 9.18 Å². The van der Waals surface area contributed by atoms with Crippen LogP contribution in [0.1, 0.15) is 12.0 Å². The van der Waals surface area contributed by atoms with E-state index < -0.39 is 11.9 Å². The highest BCUT2D eigenvalue weighted by Gasteiger charge is 2.24. The topological polar surface area (TPSA) is 40.5 Å². The molecule has 0 aromatic heterocycles. The molecular weight excluding hydrogens is 185 g/mol. The molecule has 1 N–H and O–H groups in total. The summed E-state index contributed by atoms with van der Waals surface area (Å²) < 4.78 is 13.4. The summed E-state index contributed by atoms with van der Waals surface area (Å²) in [5, 5.41) is 8.87. The zero-order valence-electron chi connectivity index (χ0n) is 7.53.